The Hall–Kier alpha value is -3.44. The summed E-state index contributed by atoms with van der Waals surface area (Å²) in [4.78, 5) is 42.4. The predicted molar refractivity (Wildman–Crippen MR) is 159 cm³/mol. The van der Waals surface area contributed by atoms with Gasteiger partial charge in [0.25, 0.3) is 0 Å². The Morgan fingerprint density at radius 3 is 2.43 bits per heavy atom. The quantitative estimate of drug-likeness (QED) is 0.527. The molecule has 3 amide bonds. The number of fused-ring (bicyclic) bond motifs is 2. The summed E-state index contributed by atoms with van der Waals surface area (Å²) in [5, 5.41) is 5.95. The Balaban J connectivity index is 1.67. The largest absolute Gasteiger partial charge is 0.497 e. The molecule has 11 heteroatoms. The van der Waals surface area contributed by atoms with Crippen LogP contribution in [-0.4, -0.2) is 75.2 Å². The molecule has 1 heterocycles. The number of sulfonamides is 1. The highest BCUT2D eigenvalue weighted by molar-refractivity contribution is 7.89. The first-order chi connectivity index (χ1) is 20.1. The Morgan fingerprint density at radius 1 is 0.976 bits per heavy atom. The average molecular weight is 599 g/mol. The van der Waals surface area contributed by atoms with Gasteiger partial charge in [0.1, 0.15) is 11.3 Å². The van der Waals surface area contributed by atoms with Crippen LogP contribution in [0.2, 0.25) is 0 Å². The number of ether oxygens (including phenoxy) is 1. The first kappa shape index (κ1) is 31.5. The number of nitrogens with one attached hydrogen (secondary N) is 2. The topological polar surface area (TPSA) is 125 Å². The normalized spacial score (nSPS) is 21.4. The molecule has 1 aliphatic heterocycles. The molecule has 42 heavy (non-hydrogen) atoms. The van der Waals surface area contributed by atoms with E-state index in [1.165, 1.54) is 28.4 Å². The minimum atomic E-state index is -3.92. The molecule has 2 aromatic rings. The van der Waals surface area contributed by atoms with E-state index < -0.39 is 15.6 Å². The number of aryl methyl sites for hydroxylation is 1. The summed E-state index contributed by atoms with van der Waals surface area (Å²) in [7, 11) is -2.41. The molecule has 2 N–H and O–H groups in total. The molecule has 228 valence electrons. The van der Waals surface area contributed by atoms with E-state index in [1.807, 2.05) is 24.3 Å². The standard InChI is InChI=1S/C31H42N4O6S/c1-23(2)16-20-34-22-28(36)33-31(17-6-9-24-8-4-5-10-27(24)31)30(38)32-18-21-35(19-7-11-29(34)37)42(39,40)26-14-12-25(41-3)13-15-26/h4-5,8,10,12-15,23H,6-7,9,11,16-22H2,1-3H3,(H,32,38)(H,33,36). The molecular formula is C31H42N4O6S. The van der Waals surface area contributed by atoms with Crippen LogP contribution in [0.25, 0.3) is 0 Å². The molecule has 1 aliphatic carbocycles. The highest BCUT2D eigenvalue weighted by Crippen LogP contribution is 2.36. The van der Waals surface area contributed by atoms with Gasteiger partial charge in [-0.05, 0) is 73.4 Å². The Morgan fingerprint density at radius 2 is 1.71 bits per heavy atom. The third-order valence-electron chi connectivity index (χ3n) is 8.02. The van der Waals surface area contributed by atoms with Crippen LogP contribution >= 0.6 is 0 Å². The fourth-order valence-electron chi connectivity index (χ4n) is 5.67. The van der Waals surface area contributed by atoms with Crippen LogP contribution in [0, 0.1) is 5.92 Å². The van der Waals surface area contributed by atoms with Crippen molar-refractivity contribution in [2.75, 3.05) is 39.8 Å². The van der Waals surface area contributed by atoms with Gasteiger partial charge in [-0.15, -0.1) is 0 Å². The summed E-state index contributed by atoms with van der Waals surface area (Å²) >= 11 is 0. The van der Waals surface area contributed by atoms with Gasteiger partial charge in [-0.2, -0.15) is 4.31 Å². The van der Waals surface area contributed by atoms with E-state index in [9.17, 15) is 22.8 Å². The molecule has 2 aliphatic rings. The minimum Gasteiger partial charge on any atom is -0.497 e. The molecule has 1 fully saturated rings. The molecular weight excluding hydrogens is 556 g/mol. The van der Waals surface area contributed by atoms with Crippen LogP contribution in [0.1, 0.15) is 57.1 Å². The van der Waals surface area contributed by atoms with Crippen molar-refractivity contribution in [1.29, 1.82) is 0 Å². The van der Waals surface area contributed by atoms with Crippen molar-refractivity contribution in [2.45, 2.75) is 62.8 Å². The third-order valence-corrected chi connectivity index (χ3v) is 9.93. The number of carbonyl (C=O) groups excluding carboxylic acids is 3. The maximum atomic E-state index is 13.9. The van der Waals surface area contributed by atoms with Gasteiger partial charge in [0, 0.05) is 32.6 Å². The molecule has 4 rings (SSSR count). The predicted octanol–water partition coefficient (Wildman–Crippen LogP) is 2.82. The second-order valence-electron chi connectivity index (χ2n) is 11.4. The minimum absolute atomic E-state index is 0.0109. The lowest BCUT2D eigenvalue weighted by Gasteiger charge is -2.39. The Labute approximate surface area is 248 Å². The average Bonchev–Trinajstić information content (AvgIpc) is 2.97. The number of methoxy groups -OCH3 is 1. The summed E-state index contributed by atoms with van der Waals surface area (Å²) in [6, 6.07) is 13.7. The van der Waals surface area contributed by atoms with E-state index >= 15 is 0 Å². The second kappa shape index (κ2) is 13.7. The molecule has 10 nitrogen and oxygen atoms in total. The van der Waals surface area contributed by atoms with E-state index in [0.29, 0.717) is 37.5 Å². The molecule has 1 atom stereocenters. The summed E-state index contributed by atoms with van der Waals surface area (Å²) in [6.45, 7) is 4.47. The zero-order valence-electron chi connectivity index (χ0n) is 24.7. The van der Waals surface area contributed by atoms with Crippen molar-refractivity contribution in [3.63, 3.8) is 0 Å². The highest BCUT2D eigenvalue weighted by Gasteiger charge is 2.45. The van der Waals surface area contributed by atoms with Gasteiger partial charge in [0.15, 0.2) is 0 Å². The Kier molecular flexibility index (Phi) is 10.3. The molecule has 0 aromatic heterocycles. The monoisotopic (exact) mass is 598 g/mol. The number of amides is 3. The van der Waals surface area contributed by atoms with Gasteiger partial charge in [0.2, 0.25) is 27.7 Å². The molecule has 1 unspecified atom stereocenters. The molecule has 2 aromatic carbocycles. The number of hydrogen-bond donors (Lipinski definition) is 2. The van der Waals surface area contributed by atoms with Crippen molar-refractivity contribution in [1.82, 2.24) is 19.8 Å². The first-order valence-electron chi connectivity index (χ1n) is 14.7. The van der Waals surface area contributed by atoms with Gasteiger partial charge >= 0.3 is 0 Å². The number of rotatable bonds is 6. The number of hydrogen-bond acceptors (Lipinski definition) is 6. The second-order valence-corrected chi connectivity index (χ2v) is 13.3. The molecule has 1 spiro atoms. The summed E-state index contributed by atoms with van der Waals surface area (Å²) < 4.78 is 33.8. The van der Waals surface area contributed by atoms with Gasteiger partial charge in [-0.25, -0.2) is 8.42 Å². The first-order valence-corrected chi connectivity index (χ1v) is 16.1. The maximum Gasteiger partial charge on any atom is 0.250 e. The lowest BCUT2D eigenvalue weighted by atomic mass is 9.75. The van der Waals surface area contributed by atoms with Crippen LogP contribution in [0.3, 0.4) is 0 Å². The summed E-state index contributed by atoms with van der Waals surface area (Å²) in [5.41, 5.74) is 0.399. The van der Waals surface area contributed by atoms with Crippen molar-refractivity contribution >= 4 is 27.7 Å². The zero-order valence-corrected chi connectivity index (χ0v) is 25.5. The molecule has 0 bridgehead atoms. The smallest absolute Gasteiger partial charge is 0.250 e. The van der Waals surface area contributed by atoms with Crippen molar-refractivity contribution in [2.24, 2.45) is 5.92 Å². The van der Waals surface area contributed by atoms with Crippen LogP contribution in [0.4, 0.5) is 0 Å². The number of nitrogens with zero attached hydrogens (tertiary/aromatic N) is 2. The van der Waals surface area contributed by atoms with E-state index in [2.05, 4.69) is 24.5 Å². The van der Waals surface area contributed by atoms with Gasteiger partial charge in [0.05, 0.1) is 18.6 Å². The molecule has 1 saturated heterocycles. The molecule has 0 radical (unpaired) electrons. The number of benzene rings is 2. The van der Waals surface area contributed by atoms with Crippen LogP contribution in [0.15, 0.2) is 53.4 Å². The van der Waals surface area contributed by atoms with Crippen molar-refractivity contribution < 1.29 is 27.5 Å². The van der Waals surface area contributed by atoms with Gasteiger partial charge in [-0.1, -0.05) is 38.1 Å². The lowest BCUT2D eigenvalue weighted by molar-refractivity contribution is -0.139. The number of carbonyl (C=O) groups is 3. The Bertz CT molecular complexity index is 1380. The van der Waals surface area contributed by atoms with Gasteiger partial charge < -0.3 is 20.3 Å². The lowest BCUT2D eigenvalue weighted by Crippen LogP contribution is -2.60. The van der Waals surface area contributed by atoms with E-state index in [4.69, 9.17) is 4.74 Å². The zero-order chi connectivity index (χ0) is 30.3. The third kappa shape index (κ3) is 7.12. The van der Waals surface area contributed by atoms with E-state index in [0.717, 1.165) is 17.5 Å². The SMILES string of the molecule is COc1ccc(S(=O)(=O)N2CCCC(=O)N(CCC(C)C)CC(=O)NC3(CCCc4ccccc43)C(=O)NCC2)cc1. The van der Waals surface area contributed by atoms with Crippen molar-refractivity contribution in [3.8, 4) is 5.75 Å². The fraction of sp³-hybridized carbons (Fsp3) is 0.516. The van der Waals surface area contributed by atoms with Crippen LogP contribution < -0.4 is 15.4 Å². The van der Waals surface area contributed by atoms with Crippen LogP contribution in [0.5, 0.6) is 5.75 Å². The molecule has 0 saturated carbocycles. The fourth-order valence-corrected chi connectivity index (χ4v) is 7.15. The summed E-state index contributed by atoms with van der Waals surface area (Å²) in [5.74, 6) is -0.135. The van der Waals surface area contributed by atoms with Gasteiger partial charge in [-0.3, -0.25) is 14.4 Å². The highest BCUT2D eigenvalue weighted by atomic mass is 32.2. The van der Waals surface area contributed by atoms with Crippen LogP contribution in [-0.2, 0) is 36.4 Å². The maximum absolute atomic E-state index is 13.9. The van der Waals surface area contributed by atoms with E-state index in [-0.39, 0.29) is 61.6 Å². The van der Waals surface area contributed by atoms with Crippen molar-refractivity contribution in [3.05, 3.63) is 59.7 Å². The summed E-state index contributed by atoms with van der Waals surface area (Å²) in [6.07, 6.45) is 2.97. The van der Waals surface area contributed by atoms with E-state index in [1.54, 1.807) is 12.1 Å².